The number of esters is 2. The van der Waals surface area contributed by atoms with Crippen LogP contribution in [0.15, 0.2) is 46.0 Å². The summed E-state index contributed by atoms with van der Waals surface area (Å²) in [5.41, 5.74) is 3.41. The molecule has 0 atom stereocenters. The maximum atomic E-state index is 11.8. The Hall–Kier alpha value is -4.15. The molecule has 19 heteroatoms. The van der Waals surface area contributed by atoms with Crippen LogP contribution in [0, 0.1) is 0 Å². The number of carboxylic acid groups (broad SMARTS) is 1. The monoisotopic (exact) mass is 906 g/mol. The van der Waals surface area contributed by atoms with Crippen molar-refractivity contribution in [3.05, 3.63) is 111 Å². The first-order chi connectivity index (χ1) is 25.9. The molecule has 298 valence electrons. The number of carbonyl (C=O) groups excluding carboxylic acids is 2. The molecule has 2 aromatic heterocycles. The van der Waals surface area contributed by atoms with Gasteiger partial charge in [0.05, 0.1) is 25.6 Å². The third kappa shape index (κ3) is 15.5. The second kappa shape index (κ2) is 23.0. The molecule has 3 N–H and O–H groups in total. The van der Waals surface area contributed by atoms with Crippen molar-refractivity contribution in [3.8, 4) is 11.5 Å². The van der Waals surface area contributed by atoms with Crippen LogP contribution in [0.3, 0.4) is 0 Å². The van der Waals surface area contributed by atoms with Crippen LogP contribution < -0.4 is 20.6 Å². The number of carbonyl (C=O) groups is 3. The predicted molar refractivity (Wildman–Crippen MR) is 213 cm³/mol. The molecule has 0 bridgehead atoms. The third-order valence-corrected chi connectivity index (χ3v) is 9.05. The van der Waals surface area contributed by atoms with Crippen molar-refractivity contribution in [2.24, 2.45) is 0 Å². The highest BCUT2D eigenvalue weighted by molar-refractivity contribution is 9.09. The maximum absolute atomic E-state index is 11.8. The Morgan fingerprint density at radius 1 is 0.673 bits per heavy atom. The van der Waals surface area contributed by atoms with Crippen molar-refractivity contribution >= 4 is 80.2 Å². The molecule has 0 spiro atoms. The minimum Gasteiger partial charge on any atom is -0.482 e. The number of benzene rings is 2. The fourth-order valence-corrected chi connectivity index (χ4v) is 5.83. The van der Waals surface area contributed by atoms with E-state index in [9.17, 15) is 24.0 Å². The van der Waals surface area contributed by atoms with Crippen molar-refractivity contribution in [1.82, 2.24) is 20.4 Å². The van der Waals surface area contributed by atoms with Gasteiger partial charge in [-0.25, -0.2) is 19.8 Å². The molecule has 2 aromatic carbocycles. The van der Waals surface area contributed by atoms with Crippen LogP contribution in [0.5, 0.6) is 11.5 Å². The largest absolute Gasteiger partial charge is 0.482 e. The van der Waals surface area contributed by atoms with Crippen LogP contribution in [0.4, 0.5) is 0 Å². The Kier molecular flexibility index (Phi) is 19.7. The summed E-state index contributed by atoms with van der Waals surface area (Å²) >= 11 is 27.9. The van der Waals surface area contributed by atoms with Crippen molar-refractivity contribution in [2.45, 2.75) is 52.4 Å². The second-order valence-corrected chi connectivity index (χ2v) is 14.1. The predicted octanol–water partition coefficient (Wildman–Crippen LogP) is 7.15. The van der Waals surface area contributed by atoms with E-state index in [1.807, 2.05) is 27.7 Å². The average Bonchev–Trinajstić information content (AvgIpc) is 3.13. The highest BCUT2D eigenvalue weighted by atomic mass is 79.9. The van der Waals surface area contributed by atoms with Gasteiger partial charge >= 0.3 is 17.9 Å². The van der Waals surface area contributed by atoms with E-state index >= 15 is 0 Å². The Morgan fingerprint density at radius 3 is 1.33 bits per heavy atom. The van der Waals surface area contributed by atoms with Crippen molar-refractivity contribution in [2.75, 3.05) is 32.8 Å². The number of alkyl halides is 1. The van der Waals surface area contributed by atoms with Crippen LogP contribution in [0.1, 0.15) is 73.2 Å². The molecule has 4 aromatic rings. The standard InChI is InChI=1S/C17H18Cl2N2O4.C16H16Cl2N2O4.C3H5BrO2/c1-9(2)12-4-10(20-21-17(12)23)5-13-14(18)6-11(7-15(13)19)25-8-16(22)24-3;1-8(2)11-3-9(19-20-16(11)23)4-12-13(17)5-10(6-14(12)18)24-7-15(21)22;1-6-3(5)2-4/h4,6-7,9H,5,8H2,1-3H3,(H,21,23);3,5-6,8H,4,7H2,1-2H3,(H,20,23)(H,21,22);2H2,1H3. The van der Waals surface area contributed by atoms with Gasteiger partial charge in [0.15, 0.2) is 13.2 Å². The molecule has 0 aliphatic carbocycles. The number of nitrogens with one attached hydrogen (secondary N) is 2. The normalized spacial score (nSPS) is 10.5. The number of ether oxygens (including phenoxy) is 4. The highest BCUT2D eigenvalue weighted by Crippen LogP contribution is 2.33. The number of H-pyrrole nitrogens is 2. The van der Waals surface area contributed by atoms with Gasteiger partial charge in [0.2, 0.25) is 0 Å². The van der Waals surface area contributed by atoms with Crippen LogP contribution in [-0.2, 0) is 36.7 Å². The Labute approximate surface area is 344 Å². The van der Waals surface area contributed by atoms with Gasteiger partial charge in [0.1, 0.15) is 16.8 Å². The van der Waals surface area contributed by atoms with Crippen LogP contribution in [0.2, 0.25) is 20.1 Å². The van der Waals surface area contributed by atoms with Gasteiger partial charge in [0.25, 0.3) is 11.1 Å². The first kappa shape index (κ1) is 47.0. The quantitative estimate of drug-likeness (QED) is 0.0906. The van der Waals surface area contributed by atoms with Gasteiger partial charge in [-0.2, -0.15) is 10.2 Å². The molecule has 0 amide bonds. The zero-order valence-corrected chi connectivity index (χ0v) is 35.2. The minimum atomic E-state index is -1.09. The number of hydrogen-bond donors (Lipinski definition) is 3. The van der Waals surface area contributed by atoms with E-state index in [-0.39, 0.29) is 46.6 Å². The van der Waals surface area contributed by atoms with Gasteiger partial charge < -0.3 is 24.1 Å². The Morgan fingerprint density at radius 2 is 1.04 bits per heavy atom. The van der Waals surface area contributed by atoms with Gasteiger partial charge in [-0.1, -0.05) is 90.0 Å². The Bertz CT molecular complexity index is 2020. The SMILES string of the molecule is CC(C)c1cc(Cc2c(Cl)cc(OCC(=O)O)cc2Cl)n[nH]c1=O.COC(=O)CBr.COC(=O)COc1cc(Cl)c(Cc2cc(C(C)C)c(=O)[nH]n2)c(Cl)c1. The van der Waals surface area contributed by atoms with Crippen molar-refractivity contribution in [3.63, 3.8) is 0 Å². The van der Waals surface area contributed by atoms with E-state index < -0.39 is 18.5 Å². The molecule has 0 radical (unpaired) electrons. The van der Waals surface area contributed by atoms with Crippen LogP contribution in [-0.4, -0.2) is 76.2 Å². The number of halogens is 5. The number of rotatable bonds is 13. The summed E-state index contributed by atoms with van der Waals surface area (Å²) in [6.07, 6.45) is 0.679. The fourth-order valence-electron chi connectivity index (χ4n) is 4.39. The number of aromatic amines is 2. The molecule has 4 rings (SSSR count). The summed E-state index contributed by atoms with van der Waals surface area (Å²) in [5, 5.41) is 23.4. The molecule has 14 nitrogen and oxygen atoms in total. The summed E-state index contributed by atoms with van der Waals surface area (Å²) in [7, 11) is 2.63. The van der Waals surface area contributed by atoms with E-state index in [0.29, 0.717) is 72.3 Å². The van der Waals surface area contributed by atoms with Gasteiger partial charge in [0, 0.05) is 44.1 Å². The number of nitrogens with zero attached hydrogens (tertiary/aromatic N) is 2. The van der Waals surface area contributed by atoms with Gasteiger partial charge in [-0.3, -0.25) is 14.4 Å². The zero-order chi connectivity index (χ0) is 41.4. The smallest absolute Gasteiger partial charge is 0.343 e. The van der Waals surface area contributed by atoms with E-state index in [0.717, 1.165) is 0 Å². The number of aliphatic carboxylic acids is 1. The first-order valence-electron chi connectivity index (χ1n) is 16.2. The van der Waals surface area contributed by atoms with E-state index in [4.69, 9.17) is 61.0 Å². The lowest BCUT2D eigenvalue weighted by Gasteiger charge is -2.11. The summed E-state index contributed by atoms with van der Waals surface area (Å²) in [4.78, 5) is 55.1. The topological polar surface area (TPSA) is 200 Å². The third-order valence-electron chi connectivity index (χ3n) is 7.24. The van der Waals surface area contributed by atoms with Gasteiger partial charge in [-0.05, 0) is 59.4 Å². The Balaban J connectivity index is 0.000000331. The van der Waals surface area contributed by atoms with Crippen LogP contribution >= 0.6 is 62.3 Å². The average molecular weight is 909 g/mol. The summed E-state index contributed by atoms with van der Waals surface area (Å²) < 4.78 is 19.1. The number of hydrogen-bond acceptors (Lipinski definition) is 11. The lowest BCUT2D eigenvalue weighted by Crippen LogP contribution is -2.17. The molecular formula is C36H39BrCl4N4O10. The van der Waals surface area contributed by atoms with Crippen molar-refractivity contribution < 1.29 is 38.4 Å². The lowest BCUT2D eigenvalue weighted by molar-refractivity contribution is -0.143. The molecule has 0 fully saturated rings. The molecule has 0 aliphatic heterocycles. The molecule has 55 heavy (non-hydrogen) atoms. The molecule has 0 saturated carbocycles. The number of methoxy groups -OCH3 is 2. The summed E-state index contributed by atoms with van der Waals surface area (Å²) in [5.74, 6) is -1.07. The highest BCUT2D eigenvalue weighted by Gasteiger charge is 2.16. The van der Waals surface area contributed by atoms with Crippen LogP contribution in [0.25, 0.3) is 0 Å². The van der Waals surface area contributed by atoms with E-state index in [1.165, 1.54) is 26.4 Å². The number of carboxylic acids is 1. The first-order valence-corrected chi connectivity index (χ1v) is 18.8. The van der Waals surface area contributed by atoms with Gasteiger partial charge in [-0.15, -0.1) is 0 Å². The molecular weight excluding hydrogens is 870 g/mol. The molecule has 0 saturated heterocycles. The molecule has 0 aliphatic rings. The summed E-state index contributed by atoms with van der Waals surface area (Å²) in [6.45, 7) is 6.99. The molecule has 0 unspecified atom stereocenters. The summed E-state index contributed by atoms with van der Waals surface area (Å²) in [6, 6.07) is 9.62. The molecule has 2 heterocycles. The van der Waals surface area contributed by atoms with E-state index in [2.05, 4.69) is 45.8 Å². The second-order valence-electron chi connectivity index (χ2n) is 11.9. The maximum Gasteiger partial charge on any atom is 0.343 e. The lowest BCUT2D eigenvalue weighted by atomic mass is 10.0. The van der Waals surface area contributed by atoms with Crippen molar-refractivity contribution in [1.29, 1.82) is 0 Å². The zero-order valence-electron chi connectivity index (χ0n) is 30.6. The number of aromatic nitrogens is 4. The minimum absolute atomic E-state index is 0.0632. The fraction of sp³-hybridized carbons (Fsp3) is 0.361. The van der Waals surface area contributed by atoms with E-state index in [1.54, 1.807) is 24.3 Å².